The van der Waals surface area contributed by atoms with Crippen molar-refractivity contribution in [1.29, 1.82) is 0 Å². The number of unbranched alkanes of at least 4 members (excludes halogenated alkanes) is 1. The summed E-state index contributed by atoms with van der Waals surface area (Å²) in [6.45, 7) is 4.07. The first-order valence-corrected chi connectivity index (χ1v) is 8.13. The molecule has 0 bridgehead atoms. The van der Waals surface area contributed by atoms with Crippen molar-refractivity contribution < 1.29 is 4.79 Å². The third kappa shape index (κ3) is 3.37. The summed E-state index contributed by atoms with van der Waals surface area (Å²) >= 11 is 0. The molecule has 0 aliphatic carbocycles. The number of imidazole rings is 2. The molecule has 2 N–H and O–H groups in total. The molecular weight excluding hydrogens is 302 g/mol. The average molecular weight is 323 g/mol. The number of hydrogen-bond donors (Lipinski definition) is 2. The van der Waals surface area contributed by atoms with Gasteiger partial charge in [-0.25, -0.2) is 9.97 Å². The molecule has 6 heteroatoms. The van der Waals surface area contributed by atoms with Gasteiger partial charge in [-0.1, -0.05) is 13.3 Å². The molecule has 2 heterocycles. The van der Waals surface area contributed by atoms with E-state index in [9.17, 15) is 4.79 Å². The molecule has 2 aromatic heterocycles. The Bertz CT molecular complexity index is 820. The second-order valence-electron chi connectivity index (χ2n) is 5.71. The number of nitrogens with one attached hydrogen (secondary N) is 2. The summed E-state index contributed by atoms with van der Waals surface area (Å²) in [6.07, 6.45) is 9.59. The highest BCUT2D eigenvalue weighted by atomic mass is 16.1. The van der Waals surface area contributed by atoms with Crippen molar-refractivity contribution in [2.24, 2.45) is 0 Å². The maximum Gasteiger partial charge on any atom is 0.224 e. The van der Waals surface area contributed by atoms with Crippen molar-refractivity contribution >= 4 is 11.6 Å². The molecule has 0 saturated carbocycles. The highest BCUT2D eigenvalue weighted by molar-refractivity contribution is 5.91. The minimum atomic E-state index is 0.0617. The molecule has 0 saturated heterocycles. The van der Waals surface area contributed by atoms with Crippen LogP contribution in [0, 0.1) is 6.92 Å². The van der Waals surface area contributed by atoms with Crippen LogP contribution >= 0.6 is 0 Å². The predicted molar refractivity (Wildman–Crippen MR) is 94.0 cm³/mol. The molecule has 24 heavy (non-hydrogen) atoms. The van der Waals surface area contributed by atoms with Crippen LogP contribution in [0.1, 0.15) is 31.7 Å². The molecule has 1 aromatic carbocycles. The number of H-pyrrole nitrogens is 1. The first-order chi connectivity index (χ1) is 11.7. The number of amides is 1. The maximum atomic E-state index is 11.9. The van der Waals surface area contributed by atoms with E-state index in [2.05, 4.69) is 27.2 Å². The van der Waals surface area contributed by atoms with Crippen LogP contribution in [0.2, 0.25) is 0 Å². The molecule has 0 fully saturated rings. The number of rotatable bonds is 6. The molecule has 3 aromatic rings. The largest absolute Gasteiger partial charge is 0.342 e. The van der Waals surface area contributed by atoms with Gasteiger partial charge in [0.05, 0.1) is 0 Å². The van der Waals surface area contributed by atoms with Crippen LogP contribution in [-0.2, 0) is 4.79 Å². The van der Waals surface area contributed by atoms with Crippen molar-refractivity contribution in [2.45, 2.75) is 33.1 Å². The lowest BCUT2D eigenvalue weighted by Crippen LogP contribution is -2.12. The van der Waals surface area contributed by atoms with Gasteiger partial charge in [0, 0.05) is 42.6 Å². The summed E-state index contributed by atoms with van der Waals surface area (Å²) in [4.78, 5) is 23.6. The van der Waals surface area contributed by atoms with Crippen LogP contribution in [0.5, 0.6) is 0 Å². The molecule has 3 rings (SSSR count). The molecule has 1 amide bonds. The van der Waals surface area contributed by atoms with E-state index in [0.717, 1.165) is 41.4 Å². The van der Waals surface area contributed by atoms with Gasteiger partial charge in [0.25, 0.3) is 0 Å². The Hall–Kier alpha value is -2.89. The lowest BCUT2D eigenvalue weighted by atomic mass is 10.1. The first kappa shape index (κ1) is 16.0. The maximum absolute atomic E-state index is 11.9. The number of hydrogen-bond acceptors (Lipinski definition) is 3. The van der Waals surface area contributed by atoms with E-state index in [-0.39, 0.29) is 5.91 Å². The summed E-state index contributed by atoms with van der Waals surface area (Å²) < 4.78 is 1.97. The number of anilines is 1. The Kier molecular flexibility index (Phi) is 4.74. The summed E-state index contributed by atoms with van der Waals surface area (Å²) in [5.41, 5.74) is 2.83. The Labute approximate surface area is 141 Å². The van der Waals surface area contributed by atoms with E-state index in [4.69, 9.17) is 0 Å². The topological polar surface area (TPSA) is 75.6 Å². The summed E-state index contributed by atoms with van der Waals surface area (Å²) in [6, 6.07) is 5.93. The zero-order valence-electron chi connectivity index (χ0n) is 13.9. The summed E-state index contributed by atoms with van der Waals surface area (Å²) in [5, 5.41) is 2.98. The van der Waals surface area contributed by atoms with Crippen molar-refractivity contribution in [3.63, 3.8) is 0 Å². The zero-order valence-corrected chi connectivity index (χ0v) is 13.9. The quantitative estimate of drug-likeness (QED) is 0.726. The molecule has 0 spiro atoms. The second-order valence-corrected chi connectivity index (χ2v) is 5.71. The smallest absolute Gasteiger partial charge is 0.224 e. The van der Waals surface area contributed by atoms with Gasteiger partial charge in [-0.3, -0.25) is 9.36 Å². The fourth-order valence-corrected chi connectivity index (χ4v) is 2.56. The highest BCUT2D eigenvalue weighted by Crippen LogP contribution is 2.23. The number of carbonyl (C=O) groups is 1. The number of nitrogens with zero attached hydrogens (tertiary/aromatic N) is 3. The lowest BCUT2D eigenvalue weighted by molar-refractivity contribution is -0.116. The SMILES string of the molecule is CCCCC(=O)Nc1ccc(-n2ccnc2-c2ncc[nH]2)cc1C. The van der Waals surface area contributed by atoms with Gasteiger partial charge in [0.1, 0.15) is 0 Å². The van der Waals surface area contributed by atoms with Crippen LogP contribution in [0.25, 0.3) is 17.3 Å². The fraction of sp³-hybridized carbons (Fsp3) is 0.278. The van der Waals surface area contributed by atoms with E-state index in [0.29, 0.717) is 6.42 Å². The molecule has 6 nitrogen and oxygen atoms in total. The van der Waals surface area contributed by atoms with Crippen LogP contribution in [0.3, 0.4) is 0 Å². The number of benzene rings is 1. The van der Waals surface area contributed by atoms with Gasteiger partial charge in [-0.2, -0.15) is 0 Å². The summed E-state index contributed by atoms with van der Waals surface area (Å²) in [5.74, 6) is 1.53. The molecule has 0 aliphatic rings. The number of aryl methyl sites for hydroxylation is 1. The normalized spacial score (nSPS) is 10.8. The number of aromatic nitrogens is 4. The fourth-order valence-electron chi connectivity index (χ4n) is 2.56. The van der Waals surface area contributed by atoms with Gasteiger partial charge < -0.3 is 10.3 Å². The zero-order chi connectivity index (χ0) is 16.9. The number of aromatic amines is 1. The predicted octanol–water partition coefficient (Wildman–Crippen LogP) is 3.70. The van der Waals surface area contributed by atoms with Gasteiger partial charge >= 0.3 is 0 Å². The average Bonchev–Trinajstić information content (AvgIpc) is 3.25. The Morgan fingerprint density at radius 3 is 2.88 bits per heavy atom. The number of carbonyl (C=O) groups excluding carboxylic acids is 1. The molecule has 0 radical (unpaired) electrons. The van der Waals surface area contributed by atoms with E-state index < -0.39 is 0 Å². The Balaban J connectivity index is 1.83. The Morgan fingerprint density at radius 1 is 1.29 bits per heavy atom. The highest BCUT2D eigenvalue weighted by Gasteiger charge is 2.11. The lowest BCUT2D eigenvalue weighted by Gasteiger charge is -2.12. The van der Waals surface area contributed by atoms with Crippen LogP contribution in [-0.4, -0.2) is 25.4 Å². The molecular formula is C18H21N5O. The minimum Gasteiger partial charge on any atom is -0.342 e. The van der Waals surface area contributed by atoms with Gasteiger partial charge in [-0.05, 0) is 37.1 Å². The van der Waals surface area contributed by atoms with Crippen molar-refractivity contribution in [1.82, 2.24) is 19.5 Å². The van der Waals surface area contributed by atoms with Crippen molar-refractivity contribution in [2.75, 3.05) is 5.32 Å². The van der Waals surface area contributed by atoms with Crippen LogP contribution < -0.4 is 5.32 Å². The van der Waals surface area contributed by atoms with E-state index in [1.165, 1.54) is 0 Å². The molecule has 0 unspecified atom stereocenters. The van der Waals surface area contributed by atoms with Crippen LogP contribution in [0.15, 0.2) is 43.0 Å². The molecule has 0 aliphatic heterocycles. The molecule has 0 atom stereocenters. The first-order valence-electron chi connectivity index (χ1n) is 8.13. The van der Waals surface area contributed by atoms with Gasteiger partial charge in [0.15, 0.2) is 11.6 Å². The minimum absolute atomic E-state index is 0.0617. The third-order valence-electron chi connectivity index (χ3n) is 3.87. The molecule has 124 valence electrons. The second kappa shape index (κ2) is 7.12. The van der Waals surface area contributed by atoms with Gasteiger partial charge in [0.2, 0.25) is 5.91 Å². The third-order valence-corrected chi connectivity index (χ3v) is 3.87. The van der Waals surface area contributed by atoms with Crippen molar-refractivity contribution in [3.05, 3.63) is 48.5 Å². The summed E-state index contributed by atoms with van der Waals surface area (Å²) in [7, 11) is 0. The van der Waals surface area contributed by atoms with E-state index in [1.54, 1.807) is 18.6 Å². The van der Waals surface area contributed by atoms with E-state index in [1.807, 2.05) is 35.9 Å². The monoisotopic (exact) mass is 323 g/mol. The van der Waals surface area contributed by atoms with E-state index >= 15 is 0 Å². The van der Waals surface area contributed by atoms with Gasteiger partial charge in [-0.15, -0.1) is 0 Å². The Morgan fingerprint density at radius 2 is 2.17 bits per heavy atom. The van der Waals surface area contributed by atoms with Crippen LogP contribution in [0.4, 0.5) is 5.69 Å². The standard InChI is InChI=1S/C18H21N5O/c1-3-4-5-16(24)22-15-7-6-14(12-13(15)2)23-11-10-21-18(23)17-19-8-9-20-17/h6-12H,3-5H2,1-2H3,(H,19,20)(H,22,24). The van der Waals surface area contributed by atoms with Crippen molar-refractivity contribution in [3.8, 4) is 17.3 Å².